The monoisotopic (exact) mass is 422 g/mol. The first-order valence-electron chi connectivity index (χ1n) is 9.72. The molecule has 0 unspecified atom stereocenters. The van der Waals surface area contributed by atoms with E-state index in [1.807, 2.05) is 17.5 Å². The van der Waals surface area contributed by atoms with Crippen LogP contribution in [0, 0.1) is 0 Å². The average Bonchev–Trinajstić information content (AvgIpc) is 3.44. The van der Waals surface area contributed by atoms with E-state index in [0.29, 0.717) is 42.4 Å². The predicted octanol–water partition coefficient (Wildman–Crippen LogP) is 2.80. The van der Waals surface area contributed by atoms with Crippen LogP contribution in [0.2, 0.25) is 0 Å². The van der Waals surface area contributed by atoms with Gasteiger partial charge in [-0.15, -0.1) is 11.3 Å². The second-order valence-corrected chi connectivity index (χ2v) is 8.29. The van der Waals surface area contributed by atoms with Crippen molar-refractivity contribution in [2.24, 2.45) is 0 Å². The summed E-state index contributed by atoms with van der Waals surface area (Å²) in [6.07, 6.45) is 0.721. The van der Waals surface area contributed by atoms with Gasteiger partial charge in [0, 0.05) is 26.1 Å². The maximum Gasteiger partial charge on any atom is 0.261 e. The Kier molecular flexibility index (Phi) is 4.66. The van der Waals surface area contributed by atoms with Gasteiger partial charge in [-0.1, -0.05) is 23.4 Å². The van der Waals surface area contributed by atoms with Gasteiger partial charge in [0.25, 0.3) is 11.8 Å². The highest BCUT2D eigenvalue weighted by atomic mass is 32.1. The van der Waals surface area contributed by atoms with Crippen molar-refractivity contribution in [2.45, 2.75) is 18.8 Å². The lowest BCUT2D eigenvalue weighted by molar-refractivity contribution is -0.136. The normalized spacial score (nSPS) is 16.1. The first kappa shape index (κ1) is 18.7. The molecule has 0 atom stereocenters. The zero-order valence-corrected chi connectivity index (χ0v) is 16.8. The summed E-state index contributed by atoms with van der Waals surface area (Å²) in [5, 5.41) is 5.96. The topological polar surface area (TPSA) is 96.6 Å². The third-order valence-corrected chi connectivity index (χ3v) is 6.28. The fraction of sp³-hybridized carbons (Fsp3) is 0.286. The van der Waals surface area contributed by atoms with Crippen LogP contribution in [0.3, 0.4) is 0 Å². The van der Waals surface area contributed by atoms with Crippen LogP contribution in [-0.4, -0.2) is 57.3 Å². The first-order chi connectivity index (χ1) is 14.6. The summed E-state index contributed by atoms with van der Waals surface area (Å²) in [5.41, 5.74) is 0.863. The minimum Gasteiger partial charge on any atom is -0.341 e. The minimum absolute atomic E-state index is 0.000791. The highest BCUT2D eigenvalue weighted by Crippen LogP contribution is 2.29. The largest absolute Gasteiger partial charge is 0.341 e. The van der Waals surface area contributed by atoms with E-state index in [2.05, 4.69) is 10.1 Å². The van der Waals surface area contributed by atoms with Gasteiger partial charge < -0.3 is 9.42 Å². The molecule has 0 saturated carbocycles. The van der Waals surface area contributed by atoms with E-state index in [-0.39, 0.29) is 36.6 Å². The molecule has 0 radical (unpaired) electrons. The number of rotatable bonds is 6. The lowest BCUT2D eigenvalue weighted by Crippen LogP contribution is -2.48. The smallest absolute Gasteiger partial charge is 0.261 e. The molecule has 3 amide bonds. The molecule has 5 rings (SSSR count). The quantitative estimate of drug-likeness (QED) is 0.567. The number of hydrogen-bond donors (Lipinski definition) is 0. The minimum atomic E-state index is -0.287. The molecule has 9 heteroatoms. The zero-order valence-electron chi connectivity index (χ0n) is 16.0. The maximum absolute atomic E-state index is 12.4. The van der Waals surface area contributed by atoms with Crippen molar-refractivity contribution in [3.63, 3.8) is 0 Å². The van der Waals surface area contributed by atoms with Crippen molar-refractivity contribution < 1.29 is 18.9 Å². The van der Waals surface area contributed by atoms with Gasteiger partial charge in [-0.2, -0.15) is 4.98 Å². The summed E-state index contributed by atoms with van der Waals surface area (Å²) in [6, 6.07) is 10.7. The molecule has 1 aromatic carbocycles. The van der Waals surface area contributed by atoms with Crippen molar-refractivity contribution in [2.75, 3.05) is 19.6 Å². The number of amides is 3. The van der Waals surface area contributed by atoms with E-state index >= 15 is 0 Å². The summed E-state index contributed by atoms with van der Waals surface area (Å²) in [4.78, 5) is 45.5. The predicted molar refractivity (Wildman–Crippen MR) is 108 cm³/mol. The maximum atomic E-state index is 12.4. The molecule has 4 heterocycles. The summed E-state index contributed by atoms with van der Waals surface area (Å²) < 4.78 is 5.35. The fourth-order valence-electron chi connectivity index (χ4n) is 3.73. The lowest BCUT2D eigenvalue weighted by atomic mass is 9.99. The molecule has 0 spiro atoms. The van der Waals surface area contributed by atoms with E-state index in [9.17, 15) is 14.4 Å². The number of hydrogen-bond acceptors (Lipinski definition) is 7. The molecule has 152 valence electrons. The van der Waals surface area contributed by atoms with Crippen molar-refractivity contribution >= 4 is 29.1 Å². The van der Waals surface area contributed by atoms with E-state index < -0.39 is 0 Å². The van der Waals surface area contributed by atoms with Gasteiger partial charge in [-0.3, -0.25) is 19.3 Å². The van der Waals surface area contributed by atoms with Crippen LogP contribution in [-0.2, 0) is 4.79 Å². The Morgan fingerprint density at radius 1 is 1.10 bits per heavy atom. The van der Waals surface area contributed by atoms with Gasteiger partial charge in [-0.25, -0.2) is 0 Å². The van der Waals surface area contributed by atoms with Crippen LogP contribution in [0.15, 0.2) is 46.3 Å². The molecule has 0 N–H and O–H groups in total. The van der Waals surface area contributed by atoms with E-state index in [1.165, 1.54) is 4.90 Å². The van der Waals surface area contributed by atoms with Crippen LogP contribution in [0.1, 0.15) is 45.4 Å². The van der Waals surface area contributed by atoms with Gasteiger partial charge in [0.15, 0.2) is 0 Å². The van der Waals surface area contributed by atoms with E-state index in [4.69, 9.17) is 4.52 Å². The third kappa shape index (κ3) is 3.21. The van der Waals surface area contributed by atoms with Crippen LogP contribution in [0.25, 0.3) is 10.7 Å². The highest BCUT2D eigenvalue weighted by molar-refractivity contribution is 7.13. The fourth-order valence-corrected chi connectivity index (χ4v) is 4.38. The number of carbonyl (C=O) groups is 3. The van der Waals surface area contributed by atoms with Crippen LogP contribution < -0.4 is 0 Å². The lowest BCUT2D eigenvalue weighted by Gasteiger charge is -2.37. The Labute approximate surface area is 176 Å². The van der Waals surface area contributed by atoms with Gasteiger partial charge >= 0.3 is 0 Å². The SMILES string of the molecule is O=C(CCCN1C(=O)c2ccccc2C1=O)N1CC(c2nc(-c3cccs3)no2)C1. The summed E-state index contributed by atoms with van der Waals surface area (Å²) >= 11 is 1.55. The van der Waals surface area contributed by atoms with Crippen molar-refractivity contribution in [1.29, 1.82) is 0 Å². The number of nitrogens with zero attached hydrogens (tertiary/aromatic N) is 4. The van der Waals surface area contributed by atoms with E-state index in [1.54, 1.807) is 40.5 Å². The molecule has 0 aliphatic carbocycles. The molecular formula is C21H18N4O4S. The number of aromatic nitrogens is 2. The Morgan fingerprint density at radius 3 is 2.50 bits per heavy atom. The molecule has 8 nitrogen and oxygen atoms in total. The van der Waals surface area contributed by atoms with Crippen molar-refractivity contribution in [3.05, 3.63) is 58.8 Å². The van der Waals surface area contributed by atoms with Gasteiger partial charge in [-0.05, 0) is 30.0 Å². The van der Waals surface area contributed by atoms with Gasteiger partial charge in [0.2, 0.25) is 17.6 Å². The molecule has 3 aromatic rings. The van der Waals surface area contributed by atoms with Gasteiger partial charge in [0.1, 0.15) is 0 Å². The Bertz CT molecular complexity index is 1080. The van der Waals surface area contributed by atoms with Crippen LogP contribution in [0.5, 0.6) is 0 Å². The number of thiophene rings is 1. The van der Waals surface area contributed by atoms with E-state index in [0.717, 1.165) is 4.88 Å². The second-order valence-electron chi connectivity index (χ2n) is 7.34. The highest BCUT2D eigenvalue weighted by Gasteiger charge is 2.37. The summed E-state index contributed by atoms with van der Waals surface area (Å²) in [5.74, 6) is 0.599. The van der Waals surface area contributed by atoms with Gasteiger partial charge in [0.05, 0.1) is 21.9 Å². The standard InChI is InChI=1S/C21H18N4O4S/c26-17(8-3-9-25-20(27)14-5-1-2-6-15(14)21(25)28)24-11-13(12-24)19-22-18(23-29-19)16-7-4-10-30-16/h1-2,4-7,10,13H,3,8-9,11-12H2. The zero-order chi connectivity index (χ0) is 20.7. The molecule has 2 aliphatic heterocycles. The molecular weight excluding hydrogens is 404 g/mol. The molecule has 30 heavy (non-hydrogen) atoms. The summed E-state index contributed by atoms with van der Waals surface area (Å²) in [7, 11) is 0. The molecule has 1 saturated heterocycles. The number of benzene rings is 1. The Balaban J connectivity index is 1.10. The summed E-state index contributed by atoms with van der Waals surface area (Å²) in [6.45, 7) is 1.32. The number of imide groups is 1. The number of likely N-dealkylation sites (tertiary alicyclic amines) is 1. The second kappa shape index (κ2) is 7.49. The van der Waals surface area contributed by atoms with Crippen LogP contribution in [0.4, 0.5) is 0 Å². The Hall–Kier alpha value is -3.33. The number of carbonyl (C=O) groups excluding carboxylic acids is 3. The van der Waals surface area contributed by atoms with Crippen molar-refractivity contribution in [1.82, 2.24) is 19.9 Å². The average molecular weight is 422 g/mol. The first-order valence-corrected chi connectivity index (χ1v) is 10.6. The molecule has 2 aromatic heterocycles. The third-order valence-electron chi connectivity index (χ3n) is 5.42. The van der Waals surface area contributed by atoms with Crippen LogP contribution >= 0.6 is 11.3 Å². The molecule has 0 bridgehead atoms. The van der Waals surface area contributed by atoms with Crippen molar-refractivity contribution in [3.8, 4) is 10.7 Å². The molecule has 1 fully saturated rings. The number of fused-ring (bicyclic) bond motifs is 1. The molecule has 2 aliphatic rings. The Morgan fingerprint density at radius 2 is 1.83 bits per heavy atom.